The van der Waals surface area contributed by atoms with E-state index in [1.54, 1.807) is 0 Å². The van der Waals surface area contributed by atoms with Gasteiger partial charge in [-0.05, 0) is 42.5 Å². The number of pyridine rings is 1. The lowest BCUT2D eigenvalue weighted by Gasteiger charge is -2.10. The molecular weight excluding hydrogens is 355 g/mol. The lowest BCUT2D eigenvalue weighted by Crippen LogP contribution is -2.33. The van der Waals surface area contributed by atoms with Gasteiger partial charge in [0.05, 0.1) is 5.69 Å². The van der Waals surface area contributed by atoms with Crippen molar-refractivity contribution in [3.8, 4) is 11.3 Å². The zero-order valence-electron chi connectivity index (χ0n) is 14.0. The smallest absolute Gasteiger partial charge is 0.322 e. The lowest BCUT2D eigenvalue weighted by molar-refractivity contribution is -0.135. The molecule has 1 fully saturated rings. The number of fused-ring (bicyclic) bond motifs is 1. The van der Waals surface area contributed by atoms with Crippen LogP contribution in [0.25, 0.3) is 16.9 Å². The molecule has 4 rings (SSSR count). The van der Waals surface area contributed by atoms with Crippen molar-refractivity contribution < 1.29 is 19.1 Å². The number of aromatic amines is 1. The first kappa shape index (κ1) is 17.0. The summed E-state index contributed by atoms with van der Waals surface area (Å²) in [5.74, 6) is -2.14. The molecule has 0 spiro atoms. The predicted octanol–water partition coefficient (Wildman–Crippen LogP) is 1.52. The van der Waals surface area contributed by atoms with Crippen molar-refractivity contribution in [3.63, 3.8) is 0 Å². The number of rotatable bonds is 5. The van der Waals surface area contributed by atoms with E-state index in [2.05, 4.69) is 15.4 Å². The summed E-state index contributed by atoms with van der Waals surface area (Å²) in [6, 6.07) is 5.85. The van der Waals surface area contributed by atoms with E-state index in [1.165, 1.54) is 29.0 Å². The molecule has 0 radical (unpaired) electrons. The van der Waals surface area contributed by atoms with Crippen LogP contribution in [0.4, 0.5) is 4.39 Å². The molecule has 1 amide bonds. The Morgan fingerprint density at radius 1 is 1.30 bits per heavy atom. The zero-order chi connectivity index (χ0) is 19.1. The fraction of sp³-hybridized carbons (Fsp3) is 0.222. The molecule has 1 saturated carbocycles. The monoisotopic (exact) mass is 370 g/mol. The summed E-state index contributed by atoms with van der Waals surface area (Å²) in [7, 11) is 0. The summed E-state index contributed by atoms with van der Waals surface area (Å²) in [5, 5.41) is 13.7. The van der Waals surface area contributed by atoms with Gasteiger partial charge in [0.2, 0.25) is 0 Å². The Kier molecular flexibility index (Phi) is 3.98. The maximum atomic E-state index is 14.1. The molecule has 3 N–H and O–H groups in total. The highest BCUT2D eigenvalue weighted by atomic mass is 19.1. The second kappa shape index (κ2) is 6.35. The largest absolute Gasteiger partial charge is 0.480 e. The van der Waals surface area contributed by atoms with Crippen LogP contribution in [0, 0.1) is 5.82 Å². The van der Waals surface area contributed by atoms with Crippen LogP contribution >= 0.6 is 0 Å². The fourth-order valence-electron chi connectivity index (χ4n) is 3.08. The van der Waals surface area contributed by atoms with Gasteiger partial charge in [-0.1, -0.05) is 0 Å². The van der Waals surface area contributed by atoms with Crippen molar-refractivity contribution in [2.75, 3.05) is 6.54 Å². The molecule has 1 aromatic carbocycles. The number of nitrogens with one attached hydrogen (secondary N) is 2. The fourth-order valence-corrected chi connectivity index (χ4v) is 3.08. The number of hydrogen-bond acceptors (Lipinski definition) is 4. The number of carboxylic acids is 1. The van der Waals surface area contributed by atoms with Crippen LogP contribution in [0.1, 0.15) is 34.7 Å². The Labute approximate surface area is 151 Å². The number of nitrogens with zero attached hydrogens (tertiary/aromatic N) is 2. The summed E-state index contributed by atoms with van der Waals surface area (Å²) in [5.41, 5.74) is 0.860. The number of carbonyl (C=O) groups is 2. The van der Waals surface area contributed by atoms with Gasteiger partial charge in [-0.25, -0.2) is 13.9 Å². The lowest BCUT2D eigenvalue weighted by atomic mass is 10.0. The predicted molar refractivity (Wildman–Crippen MR) is 93.2 cm³/mol. The number of halogens is 1. The second-order valence-corrected chi connectivity index (χ2v) is 6.44. The first-order valence-electron chi connectivity index (χ1n) is 8.34. The molecule has 8 nitrogen and oxygen atoms in total. The summed E-state index contributed by atoms with van der Waals surface area (Å²) in [6.45, 7) is -0.620. The molecule has 27 heavy (non-hydrogen) atoms. The van der Waals surface area contributed by atoms with Crippen molar-refractivity contribution >= 4 is 17.5 Å². The van der Waals surface area contributed by atoms with E-state index in [-0.39, 0.29) is 11.2 Å². The Morgan fingerprint density at radius 3 is 2.78 bits per heavy atom. The summed E-state index contributed by atoms with van der Waals surface area (Å²) in [6.07, 6.45) is 3.31. The Bertz CT molecular complexity index is 1130. The average molecular weight is 370 g/mol. The number of carbonyl (C=O) groups excluding carboxylic acids is 1. The number of H-pyrrole nitrogens is 1. The molecule has 1 aliphatic rings. The number of carboxylic acid groups (broad SMARTS) is 1. The first-order valence-corrected chi connectivity index (χ1v) is 8.34. The SMILES string of the molecule is O=C(O)CNC(=O)c1c(=O)cc(-c2cc(F)cc(C3CC3)c2)n2[nH]cnc12. The van der Waals surface area contributed by atoms with E-state index in [9.17, 15) is 18.8 Å². The van der Waals surface area contributed by atoms with Gasteiger partial charge in [-0.2, -0.15) is 0 Å². The van der Waals surface area contributed by atoms with Gasteiger partial charge in [0.25, 0.3) is 5.91 Å². The summed E-state index contributed by atoms with van der Waals surface area (Å²) < 4.78 is 15.5. The van der Waals surface area contributed by atoms with Gasteiger partial charge < -0.3 is 10.4 Å². The molecule has 138 valence electrons. The molecular formula is C18H15FN4O4. The van der Waals surface area contributed by atoms with Crippen molar-refractivity contribution in [1.29, 1.82) is 0 Å². The number of amides is 1. The summed E-state index contributed by atoms with van der Waals surface area (Å²) in [4.78, 5) is 39.4. The van der Waals surface area contributed by atoms with E-state index in [4.69, 9.17) is 5.11 Å². The van der Waals surface area contributed by atoms with E-state index >= 15 is 0 Å². The molecule has 0 bridgehead atoms. The molecule has 0 saturated heterocycles. The molecule has 0 aliphatic heterocycles. The van der Waals surface area contributed by atoms with Crippen LogP contribution < -0.4 is 10.7 Å². The standard InChI is InChI=1S/C18H15FN4O4/c19-12-4-10(9-1-2-9)3-11(5-12)13-6-14(24)16(17-21-8-22-23(13)17)18(27)20-7-15(25)26/h3-6,8-9H,1-2,7H2,(H,20,27)(H,21,22)(H,25,26). The van der Waals surface area contributed by atoms with E-state index in [0.29, 0.717) is 17.2 Å². The third-order valence-electron chi connectivity index (χ3n) is 4.46. The number of aromatic nitrogens is 3. The number of benzene rings is 1. The van der Waals surface area contributed by atoms with Gasteiger partial charge in [0, 0.05) is 11.6 Å². The van der Waals surface area contributed by atoms with Crippen molar-refractivity contribution in [3.05, 3.63) is 57.8 Å². The van der Waals surface area contributed by atoms with Gasteiger partial charge in [0.1, 0.15) is 24.3 Å². The normalized spacial score (nSPS) is 13.7. The van der Waals surface area contributed by atoms with Crippen molar-refractivity contribution in [1.82, 2.24) is 19.9 Å². The Balaban J connectivity index is 1.84. The summed E-state index contributed by atoms with van der Waals surface area (Å²) >= 11 is 0. The molecule has 9 heteroatoms. The number of aliphatic carboxylic acids is 1. The van der Waals surface area contributed by atoms with Gasteiger partial charge in [-0.15, -0.1) is 0 Å². The number of hydrogen-bond donors (Lipinski definition) is 3. The minimum absolute atomic E-state index is 0.0395. The van der Waals surface area contributed by atoms with Crippen LogP contribution in [0.5, 0.6) is 0 Å². The third-order valence-corrected chi connectivity index (χ3v) is 4.46. The highest BCUT2D eigenvalue weighted by Crippen LogP contribution is 2.41. The average Bonchev–Trinajstić information content (AvgIpc) is 3.36. The van der Waals surface area contributed by atoms with Crippen LogP contribution in [-0.2, 0) is 4.79 Å². The molecule has 2 aromatic heterocycles. The van der Waals surface area contributed by atoms with Gasteiger partial charge >= 0.3 is 5.97 Å². The maximum Gasteiger partial charge on any atom is 0.322 e. The van der Waals surface area contributed by atoms with E-state index < -0.39 is 29.7 Å². The molecule has 0 atom stereocenters. The van der Waals surface area contributed by atoms with E-state index in [1.807, 2.05) is 6.07 Å². The minimum Gasteiger partial charge on any atom is -0.480 e. The van der Waals surface area contributed by atoms with Crippen molar-refractivity contribution in [2.24, 2.45) is 0 Å². The quantitative estimate of drug-likeness (QED) is 0.630. The van der Waals surface area contributed by atoms with Gasteiger partial charge in [-0.3, -0.25) is 19.5 Å². The Hall–Kier alpha value is -3.49. The Morgan fingerprint density at radius 2 is 2.07 bits per heavy atom. The highest BCUT2D eigenvalue weighted by molar-refractivity contribution is 6.01. The van der Waals surface area contributed by atoms with Crippen LogP contribution in [0.15, 0.2) is 35.4 Å². The first-order chi connectivity index (χ1) is 12.9. The van der Waals surface area contributed by atoms with Gasteiger partial charge in [0.15, 0.2) is 11.1 Å². The molecule has 3 aromatic rings. The molecule has 2 heterocycles. The van der Waals surface area contributed by atoms with Crippen LogP contribution in [-0.4, -0.2) is 38.1 Å². The maximum absolute atomic E-state index is 14.1. The van der Waals surface area contributed by atoms with Crippen LogP contribution in [0.2, 0.25) is 0 Å². The third kappa shape index (κ3) is 3.19. The zero-order valence-corrected chi connectivity index (χ0v) is 14.0. The second-order valence-electron chi connectivity index (χ2n) is 6.44. The van der Waals surface area contributed by atoms with E-state index in [0.717, 1.165) is 18.4 Å². The van der Waals surface area contributed by atoms with Crippen LogP contribution in [0.3, 0.4) is 0 Å². The van der Waals surface area contributed by atoms with Crippen molar-refractivity contribution in [2.45, 2.75) is 18.8 Å². The molecule has 1 aliphatic carbocycles. The molecule has 0 unspecified atom stereocenters. The highest BCUT2D eigenvalue weighted by Gasteiger charge is 2.25. The topological polar surface area (TPSA) is 117 Å². The minimum atomic E-state index is -1.23.